The summed E-state index contributed by atoms with van der Waals surface area (Å²) in [7, 11) is 1.86. The first kappa shape index (κ1) is 18.6. The number of aryl methyl sites for hydroxylation is 1. The number of carbonyl (C=O) groups is 1. The fraction of sp³-hybridized carbons (Fsp3) is 0.286. The molecular formula is C21H22N4O2S. The highest BCUT2D eigenvalue weighted by atomic mass is 32.2. The molecule has 7 heteroatoms. The molecule has 1 saturated heterocycles. The van der Waals surface area contributed by atoms with Crippen LogP contribution in [-0.4, -0.2) is 32.2 Å². The van der Waals surface area contributed by atoms with Crippen molar-refractivity contribution >= 4 is 23.5 Å². The maximum atomic E-state index is 12.5. The molecule has 2 aromatic heterocycles. The lowest BCUT2D eigenvalue weighted by Gasteiger charge is -2.35. The molecule has 0 atom stereocenters. The molecule has 1 N–H and O–H groups in total. The number of thioether (sulfide) groups is 1. The number of ether oxygens (including phenoxy) is 1. The van der Waals surface area contributed by atoms with Crippen LogP contribution in [0.25, 0.3) is 0 Å². The maximum absolute atomic E-state index is 12.5. The normalized spacial score (nSPS) is 14.9. The van der Waals surface area contributed by atoms with Gasteiger partial charge in [0.1, 0.15) is 17.3 Å². The van der Waals surface area contributed by atoms with E-state index in [0.29, 0.717) is 6.42 Å². The van der Waals surface area contributed by atoms with Crippen molar-refractivity contribution in [2.45, 2.75) is 18.8 Å². The van der Waals surface area contributed by atoms with Crippen LogP contribution in [0.1, 0.15) is 18.2 Å². The lowest BCUT2D eigenvalue weighted by molar-refractivity contribution is -0.115. The van der Waals surface area contributed by atoms with Crippen LogP contribution in [-0.2, 0) is 23.7 Å². The van der Waals surface area contributed by atoms with Gasteiger partial charge in [-0.15, -0.1) is 0 Å². The van der Waals surface area contributed by atoms with E-state index in [-0.39, 0.29) is 11.3 Å². The van der Waals surface area contributed by atoms with Gasteiger partial charge in [-0.1, -0.05) is 19.1 Å². The Labute approximate surface area is 168 Å². The second-order valence-electron chi connectivity index (χ2n) is 7.25. The minimum atomic E-state index is -0.0644. The van der Waals surface area contributed by atoms with Gasteiger partial charge in [-0.25, -0.2) is 0 Å². The molecule has 0 spiro atoms. The maximum Gasteiger partial charge on any atom is 0.229 e. The van der Waals surface area contributed by atoms with E-state index < -0.39 is 0 Å². The third kappa shape index (κ3) is 4.04. The van der Waals surface area contributed by atoms with Gasteiger partial charge < -0.3 is 10.1 Å². The lowest BCUT2D eigenvalue weighted by atomic mass is 9.91. The quantitative estimate of drug-likeness (QED) is 0.689. The average molecular weight is 395 g/mol. The smallest absolute Gasteiger partial charge is 0.229 e. The topological polar surface area (TPSA) is 69.0 Å². The van der Waals surface area contributed by atoms with E-state index in [1.165, 1.54) is 0 Å². The first-order chi connectivity index (χ1) is 13.5. The van der Waals surface area contributed by atoms with Crippen molar-refractivity contribution in [3.8, 4) is 11.5 Å². The number of nitrogens with one attached hydrogen (secondary N) is 1. The first-order valence-electron chi connectivity index (χ1n) is 9.11. The molecule has 1 aliphatic heterocycles. The third-order valence-corrected chi connectivity index (χ3v) is 6.46. The van der Waals surface area contributed by atoms with Crippen LogP contribution in [0.5, 0.6) is 11.5 Å². The van der Waals surface area contributed by atoms with Crippen molar-refractivity contribution in [2.75, 3.05) is 16.8 Å². The highest BCUT2D eigenvalue weighted by Crippen LogP contribution is 2.40. The second-order valence-corrected chi connectivity index (χ2v) is 8.23. The summed E-state index contributed by atoms with van der Waals surface area (Å²) in [5.74, 6) is 4.27. The Morgan fingerprint density at radius 2 is 1.86 bits per heavy atom. The van der Waals surface area contributed by atoms with Crippen LogP contribution in [0.4, 0.5) is 5.82 Å². The summed E-state index contributed by atoms with van der Waals surface area (Å²) in [5, 5.41) is 7.55. The van der Waals surface area contributed by atoms with E-state index in [1.54, 1.807) is 29.2 Å². The summed E-state index contributed by atoms with van der Waals surface area (Å²) >= 11 is 1.92. The van der Waals surface area contributed by atoms with Crippen LogP contribution in [0.3, 0.4) is 0 Å². The van der Waals surface area contributed by atoms with Gasteiger partial charge in [0.25, 0.3) is 0 Å². The second kappa shape index (κ2) is 7.67. The zero-order chi connectivity index (χ0) is 19.6. The highest BCUT2D eigenvalue weighted by molar-refractivity contribution is 8.00. The number of aromatic nitrogens is 3. The number of benzene rings is 1. The van der Waals surface area contributed by atoms with Crippen molar-refractivity contribution in [3.05, 3.63) is 66.1 Å². The summed E-state index contributed by atoms with van der Waals surface area (Å²) in [6.45, 7) is 2.22. The van der Waals surface area contributed by atoms with Crippen LogP contribution in [0.15, 0.2) is 54.9 Å². The number of anilines is 1. The van der Waals surface area contributed by atoms with Gasteiger partial charge in [0.05, 0.1) is 12.1 Å². The monoisotopic (exact) mass is 394 g/mol. The summed E-state index contributed by atoms with van der Waals surface area (Å²) in [6.07, 6.45) is 3.66. The fourth-order valence-electron chi connectivity index (χ4n) is 3.03. The molecule has 6 nitrogen and oxygen atoms in total. The predicted octanol–water partition coefficient (Wildman–Crippen LogP) is 3.79. The van der Waals surface area contributed by atoms with Crippen molar-refractivity contribution in [2.24, 2.45) is 7.05 Å². The van der Waals surface area contributed by atoms with Crippen molar-refractivity contribution < 1.29 is 9.53 Å². The number of hydrogen-bond acceptors (Lipinski definition) is 5. The molecule has 1 aliphatic rings. The van der Waals surface area contributed by atoms with E-state index in [0.717, 1.165) is 40.1 Å². The largest absolute Gasteiger partial charge is 0.457 e. The summed E-state index contributed by atoms with van der Waals surface area (Å²) < 4.78 is 7.49. The van der Waals surface area contributed by atoms with Gasteiger partial charge in [0.2, 0.25) is 5.91 Å². The number of rotatable bonds is 6. The van der Waals surface area contributed by atoms with Crippen LogP contribution in [0.2, 0.25) is 0 Å². The molecule has 0 bridgehead atoms. The van der Waals surface area contributed by atoms with E-state index in [2.05, 4.69) is 22.3 Å². The van der Waals surface area contributed by atoms with E-state index >= 15 is 0 Å². The Morgan fingerprint density at radius 3 is 2.50 bits per heavy atom. The molecule has 3 heterocycles. The Balaban J connectivity index is 1.36. The average Bonchev–Trinajstić information content (AvgIpc) is 3.03. The fourth-order valence-corrected chi connectivity index (χ4v) is 4.14. The molecule has 0 aliphatic carbocycles. The molecule has 28 heavy (non-hydrogen) atoms. The summed E-state index contributed by atoms with van der Waals surface area (Å²) in [5.41, 5.74) is 2.08. The van der Waals surface area contributed by atoms with Gasteiger partial charge in [0.15, 0.2) is 0 Å². The molecule has 0 saturated carbocycles. The van der Waals surface area contributed by atoms with Gasteiger partial charge in [-0.3, -0.25) is 14.5 Å². The van der Waals surface area contributed by atoms with Crippen LogP contribution in [0, 0.1) is 0 Å². The number of amides is 1. The zero-order valence-corrected chi connectivity index (χ0v) is 16.7. The van der Waals surface area contributed by atoms with Gasteiger partial charge in [-0.2, -0.15) is 16.9 Å². The van der Waals surface area contributed by atoms with E-state index in [1.807, 2.05) is 49.1 Å². The minimum Gasteiger partial charge on any atom is -0.457 e. The Bertz CT molecular complexity index is 966. The minimum absolute atomic E-state index is 0.0644. The van der Waals surface area contributed by atoms with Crippen LogP contribution >= 0.6 is 11.8 Å². The highest BCUT2D eigenvalue weighted by Gasteiger charge is 2.37. The first-order valence-corrected chi connectivity index (χ1v) is 10.3. The third-order valence-electron chi connectivity index (χ3n) is 4.78. The molecule has 3 aromatic rings. The number of pyridine rings is 1. The Morgan fingerprint density at radius 1 is 1.18 bits per heavy atom. The molecule has 144 valence electrons. The molecule has 4 rings (SSSR count). The van der Waals surface area contributed by atoms with Gasteiger partial charge >= 0.3 is 0 Å². The molecule has 1 aromatic carbocycles. The van der Waals surface area contributed by atoms with E-state index in [4.69, 9.17) is 4.74 Å². The molecule has 0 unspecified atom stereocenters. The lowest BCUT2D eigenvalue weighted by Crippen LogP contribution is -2.37. The Kier molecular flexibility index (Phi) is 5.09. The Hall–Kier alpha value is -2.80. The zero-order valence-electron chi connectivity index (χ0n) is 15.9. The summed E-state index contributed by atoms with van der Waals surface area (Å²) in [4.78, 5) is 16.4. The van der Waals surface area contributed by atoms with Crippen molar-refractivity contribution in [1.29, 1.82) is 0 Å². The van der Waals surface area contributed by atoms with Crippen LogP contribution < -0.4 is 10.1 Å². The SMILES string of the molecule is Cn1nc(C2(C)CSC2)cc1NC(=O)Cc1ccc(Oc2ccncc2)cc1. The molecule has 0 radical (unpaired) electrons. The number of carbonyl (C=O) groups excluding carboxylic acids is 1. The molecule has 1 fully saturated rings. The standard InChI is InChI=1S/C21H22N4O2S/c1-21(13-28-14-21)18-12-19(25(2)24-18)23-20(26)11-15-3-5-16(6-4-15)27-17-7-9-22-10-8-17/h3-10,12H,11,13-14H2,1-2H3,(H,23,26). The molecule has 1 amide bonds. The number of hydrogen-bond donors (Lipinski definition) is 1. The van der Waals surface area contributed by atoms with Gasteiger partial charge in [0, 0.05) is 42.4 Å². The summed E-state index contributed by atoms with van der Waals surface area (Å²) in [6, 6.07) is 13.1. The van der Waals surface area contributed by atoms with Crippen molar-refractivity contribution in [1.82, 2.24) is 14.8 Å². The predicted molar refractivity (Wildman–Crippen MR) is 111 cm³/mol. The van der Waals surface area contributed by atoms with Crippen molar-refractivity contribution in [3.63, 3.8) is 0 Å². The number of nitrogens with zero attached hydrogens (tertiary/aromatic N) is 3. The molecular weight excluding hydrogens is 372 g/mol. The van der Waals surface area contributed by atoms with Gasteiger partial charge in [-0.05, 0) is 29.8 Å². The van der Waals surface area contributed by atoms with E-state index in [9.17, 15) is 4.79 Å².